The molecule has 0 radical (unpaired) electrons. The Bertz CT molecular complexity index is 765. The van der Waals surface area contributed by atoms with Crippen molar-refractivity contribution in [1.29, 1.82) is 0 Å². The quantitative estimate of drug-likeness (QED) is 0.744. The van der Waals surface area contributed by atoms with Crippen molar-refractivity contribution in [2.24, 2.45) is 0 Å². The second kappa shape index (κ2) is 7.02. The van der Waals surface area contributed by atoms with Crippen LogP contribution < -0.4 is 16.1 Å². The number of fused-ring (bicyclic) bond motifs is 1. The first-order valence-electron chi connectivity index (χ1n) is 8.99. The summed E-state index contributed by atoms with van der Waals surface area (Å²) < 4.78 is 5.23. The summed E-state index contributed by atoms with van der Waals surface area (Å²) in [5.41, 5.74) is 3.71. The molecular formula is C18H23BN4O2. The van der Waals surface area contributed by atoms with E-state index in [1.165, 1.54) is 32.1 Å². The molecule has 1 aliphatic carbocycles. The molecule has 4 rings (SSSR count). The predicted octanol–water partition coefficient (Wildman–Crippen LogP) is 2.49. The van der Waals surface area contributed by atoms with Crippen molar-refractivity contribution in [3.63, 3.8) is 0 Å². The maximum absolute atomic E-state index is 9.84. The van der Waals surface area contributed by atoms with Crippen molar-refractivity contribution in [2.45, 2.75) is 51.7 Å². The van der Waals surface area contributed by atoms with E-state index in [9.17, 15) is 5.02 Å². The smallest absolute Gasteiger partial charge is 0.423 e. The van der Waals surface area contributed by atoms with E-state index in [2.05, 4.69) is 20.6 Å². The lowest BCUT2D eigenvalue weighted by Crippen LogP contribution is -2.28. The van der Waals surface area contributed by atoms with Gasteiger partial charge in [-0.3, -0.25) is 0 Å². The topological polar surface area (TPSA) is 79.3 Å². The second-order valence-corrected chi connectivity index (χ2v) is 6.91. The van der Waals surface area contributed by atoms with Gasteiger partial charge >= 0.3 is 7.12 Å². The molecule has 2 aromatic rings. The standard InChI is InChI=1S/C18H23BN4O2/c1-12-10-20-18(23-17(12)21-14-5-3-2-4-6-14)22-15-8-7-13-11-25-19(24)16(13)9-15/h7-10,14,24H,2-6,11H2,1H3,(H2,20,21,22,23). The Hall–Kier alpha value is -2.12. The van der Waals surface area contributed by atoms with Crippen molar-refractivity contribution in [2.75, 3.05) is 10.6 Å². The third-order valence-electron chi connectivity index (χ3n) is 4.98. The number of hydrogen-bond acceptors (Lipinski definition) is 6. The van der Waals surface area contributed by atoms with Gasteiger partial charge in [0, 0.05) is 23.5 Å². The lowest BCUT2D eigenvalue weighted by Gasteiger charge is -2.24. The van der Waals surface area contributed by atoms with E-state index in [0.29, 0.717) is 18.6 Å². The fourth-order valence-corrected chi connectivity index (χ4v) is 3.51. The highest BCUT2D eigenvalue weighted by Crippen LogP contribution is 2.24. The SMILES string of the molecule is Cc1cnc(Nc2ccc3c(c2)B(O)OC3)nc1NC1CCCCC1. The van der Waals surface area contributed by atoms with Gasteiger partial charge in [0.2, 0.25) is 5.95 Å². The molecule has 1 aliphatic heterocycles. The Kier molecular flexibility index (Phi) is 4.59. The molecule has 0 atom stereocenters. The minimum Gasteiger partial charge on any atom is -0.423 e. The Morgan fingerprint density at radius 2 is 2.08 bits per heavy atom. The highest BCUT2D eigenvalue weighted by molar-refractivity contribution is 6.61. The first-order chi connectivity index (χ1) is 12.2. The van der Waals surface area contributed by atoms with Crippen molar-refractivity contribution < 1.29 is 9.68 Å². The van der Waals surface area contributed by atoms with Gasteiger partial charge < -0.3 is 20.3 Å². The Morgan fingerprint density at radius 1 is 1.24 bits per heavy atom. The molecule has 7 heteroatoms. The summed E-state index contributed by atoms with van der Waals surface area (Å²) in [5.74, 6) is 1.45. The number of rotatable bonds is 4. The van der Waals surface area contributed by atoms with Gasteiger partial charge in [0.1, 0.15) is 5.82 Å². The lowest BCUT2D eigenvalue weighted by atomic mass is 9.79. The molecule has 0 spiro atoms. The monoisotopic (exact) mass is 338 g/mol. The second-order valence-electron chi connectivity index (χ2n) is 6.91. The molecule has 0 unspecified atom stereocenters. The molecule has 0 amide bonds. The van der Waals surface area contributed by atoms with Crippen LogP contribution in [0.15, 0.2) is 24.4 Å². The summed E-state index contributed by atoms with van der Waals surface area (Å²) in [4.78, 5) is 9.03. The number of anilines is 3. The minimum absolute atomic E-state index is 0.452. The zero-order valence-corrected chi connectivity index (χ0v) is 14.5. The molecule has 1 saturated carbocycles. The summed E-state index contributed by atoms with van der Waals surface area (Å²) in [6.45, 7) is 2.48. The first kappa shape index (κ1) is 16.4. The van der Waals surface area contributed by atoms with Crippen LogP contribution in [0, 0.1) is 6.92 Å². The van der Waals surface area contributed by atoms with E-state index in [0.717, 1.165) is 28.1 Å². The molecule has 2 aliphatic rings. The van der Waals surface area contributed by atoms with Crippen LogP contribution in [0.2, 0.25) is 0 Å². The van der Waals surface area contributed by atoms with Gasteiger partial charge in [-0.25, -0.2) is 4.98 Å². The third-order valence-corrected chi connectivity index (χ3v) is 4.98. The fraction of sp³-hybridized carbons (Fsp3) is 0.444. The molecular weight excluding hydrogens is 315 g/mol. The van der Waals surface area contributed by atoms with E-state index in [-0.39, 0.29) is 0 Å². The Balaban J connectivity index is 1.51. The van der Waals surface area contributed by atoms with Gasteiger partial charge in [-0.1, -0.05) is 25.3 Å². The van der Waals surface area contributed by atoms with E-state index in [4.69, 9.17) is 4.65 Å². The zero-order valence-electron chi connectivity index (χ0n) is 14.5. The highest BCUT2D eigenvalue weighted by atomic mass is 16.5. The summed E-state index contributed by atoms with van der Waals surface area (Å²) in [6.07, 6.45) is 8.15. The number of aryl methyl sites for hydroxylation is 1. The number of nitrogens with one attached hydrogen (secondary N) is 2. The average Bonchev–Trinajstić information content (AvgIpc) is 3.00. The zero-order chi connectivity index (χ0) is 17.2. The highest BCUT2D eigenvalue weighted by Gasteiger charge is 2.27. The van der Waals surface area contributed by atoms with E-state index in [1.54, 1.807) is 0 Å². The van der Waals surface area contributed by atoms with E-state index < -0.39 is 7.12 Å². The maximum atomic E-state index is 9.84. The van der Waals surface area contributed by atoms with Crippen LogP contribution in [-0.2, 0) is 11.3 Å². The van der Waals surface area contributed by atoms with Gasteiger partial charge in [-0.15, -0.1) is 0 Å². The number of aromatic nitrogens is 2. The van der Waals surface area contributed by atoms with Crippen molar-refractivity contribution in [1.82, 2.24) is 9.97 Å². The summed E-state index contributed by atoms with van der Waals surface area (Å²) in [6, 6.07) is 6.31. The third kappa shape index (κ3) is 3.62. The molecule has 2 heterocycles. The molecule has 0 saturated heterocycles. The van der Waals surface area contributed by atoms with Crippen LogP contribution in [0.5, 0.6) is 0 Å². The van der Waals surface area contributed by atoms with Crippen LogP contribution in [0.1, 0.15) is 43.2 Å². The summed E-state index contributed by atoms with van der Waals surface area (Å²) >= 11 is 0. The largest absolute Gasteiger partial charge is 0.491 e. The van der Waals surface area contributed by atoms with Gasteiger partial charge in [0.15, 0.2) is 0 Å². The molecule has 3 N–H and O–H groups in total. The van der Waals surface area contributed by atoms with Crippen LogP contribution in [0.3, 0.4) is 0 Å². The predicted molar refractivity (Wildman–Crippen MR) is 99.4 cm³/mol. The van der Waals surface area contributed by atoms with Gasteiger partial charge in [0.25, 0.3) is 0 Å². The van der Waals surface area contributed by atoms with E-state index in [1.807, 2.05) is 31.3 Å². The van der Waals surface area contributed by atoms with Crippen molar-refractivity contribution in [3.8, 4) is 0 Å². The Labute approximate surface area is 148 Å². The Morgan fingerprint density at radius 3 is 2.92 bits per heavy atom. The van der Waals surface area contributed by atoms with Gasteiger partial charge in [0.05, 0.1) is 6.61 Å². The molecule has 1 aromatic carbocycles. The molecule has 0 bridgehead atoms. The summed E-state index contributed by atoms with van der Waals surface area (Å²) in [5, 5.41) is 16.6. The first-order valence-corrected chi connectivity index (χ1v) is 8.99. The molecule has 1 fully saturated rings. The van der Waals surface area contributed by atoms with Crippen molar-refractivity contribution >= 4 is 30.0 Å². The molecule has 130 valence electrons. The van der Waals surface area contributed by atoms with Crippen LogP contribution >= 0.6 is 0 Å². The van der Waals surface area contributed by atoms with Crippen LogP contribution in [0.25, 0.3) is 0 Å². The lowest BCUT2D eigenvalue weighted by molar-refractivity contribution is 0.275. The van der Waals surface area contributed by atoms with Crippen LogP contribution in [0.4, 0.5) is 17.5 Å². The number of nitrogens with zero attached hydrogens (tertiary/aromatic N) is 2. The van der Waals surface area contributed by atoms with E-state index >= 15 is 0 Å². The normalized spacial score (nSPS) is 17.4. The average molecular weight is 338 g/mol. The number of benzene rings is 1. The number of hydrogen-bond donors (Lipinski definition) is 3. The summed E-state index contributed by atoms with van der Waals surface area (Å²) in [7, 11) is -0.848. The fourth-order valence-electron chi connectivity index (χ4n) is 3.51. The van der Waals surface area contributed by atoms with Gasteiger partial charge in [-0.05, 0) is 42.9 Å². The molecule has 25 heavy (non-hydrogen) atoms. The minimum atomic E-state index is -0.848. The van der Waals surface area contributed by atoms with Crippen molar-refractivity contribution in [3.05, 3.63) is 35.5 Å². The van der Waals surface area contributed by atoms with Gasteiger partial charge in [-0.2, -0.15) is 4.98 Å². The molecule has 6 nitrogen and oxygen atoms in total. The maximum Gasteiger partial charge on any atom is 0.491 e. The van der Waals surface area contributed by atoms with Crippen LogP contribution in [-0.4, -0.2) is 28.2 Å². The molecule has 1 aromatic heterocycles.